The Bertz CT molecular complexity index is 219. The monoisotopic (exact) mass is 182 g/mol. The molecule has 0 spiro atoms. The van der Waals surface area contributed by atoms with Crippen molar-refractivity contribution in [3.05, 3.63) is 0 Å². The van der Waals surface area contributed by atoms with Crippen molar-refractivity contribution < 1.29 is 4.79 Å². The van der Waals surface area contributed by atoms with E-state index in [4.69, 9.17) is 0 Å². The first kappa shape index (κ1) is 9.00. The van der Waals surface area contributed by atoms with Crippen molar-refractivity contribution in [3.63, 3.8) is 0 Å². The normalized spacial score (nSPS) is 35.8. The Labute approximate surface area is 79.3 Å². The summed E-state index contributed by atoms with van der Waals surface area (Å²) in [5.41, 5.74) is 0.260. The molecule has 2 rings (SSSR count). The van der Waals surface area contributed by atoms with Crippen LogP contribution >= 0.6 is 0 Å². The van der Waals surface area contributed by atoms with E-state index in [0.29, 0.717) is 6.04 Å². The minimum absolute atomic E-state index is 0.260. The average molecular weight is 182 g/mol. The van der Waals surface area contributed by atoms with Crippen LogP contribution in [0.2, 0.25) is 0 Å². The first-order valence-corrected chi connectivity index (χ1v) is 5.11. The van der Waals surface area contributed by atoms with Crippen LogP contribution in [0, 0.1) is 11.3 Å². The van der Waals surface area contributed by atoms with Crippen LogP contribution in [-0.2, 0) is 4.79 Å². The molecule has 2 fully saturated rings. The maximum Gasteiger partial charge on any atom is 0.223 e. The van der Waals surface area contributed by atoms with E-state index in [1.165, 1.54) is 0 Å². The first-order valence-electron chi connectivity index (χ1n) is 5.11. The van der Waals surface area contributed by atoms with Crippen molar-refractivity contribution in [1.29, 1.82) is 0 Å². The van der Waals surface area contributed by atoms with Crippen LogP contribution in [0.3, 0.4) is 0 Å². The number of carbonyl (C=O) groups excluding carboxylic acids is 1. The van der Waals surface area contributed by atoms with Gasteiger partial charge in [-0.1, -0.05) is 13.8 Å². The van der Waals surface area contributed by atoms with Crippen LogP contribution in [0.15, 0.2) is 0 Å². The Morgan fingerprint density at radius 3 is 2.69 bits per heavy atom. The second-order valence-corrected chi connectivity index (χ2v) is 4.94. The van der Waals surface area contributed by atoms with Crippen molar-refractivity contribution in [2.45, 2.75) is 32.7 Å². The lowest BCUT2D eigenvalue weighted by atomic mass is 10.1. The molecule has 1 saturated heterocycles. The molecule has 0 bridgehead atoms. The Balaban J connectivity index is 1.79. The molecule has 3 heteroatoms. The van der Waals surface area contributed by atoms with Gasteiger partial charge in [-0.25, -0.2) is 0 Å². The molecule has 3 nitrogen and oxygen atoms in total. The van der Waals surface area contributed by atoms with E-state index >= 15 is 0 Å². The van der Waals surface area contributed by atoms with Gasteiger partial charge in [0, 0.05) is 18.5 Å². The zero-order valence-corrected chi connectivity index (χ0v) is 8.39. The highest BCUT2D eigenvalue weighted by Gasteiger charge is 2.50. The summed E-state index contributed by atoms with van der Waals surface area (Å²) in [6, 6.07) is 0.379. The van der Waals surface area contributed by atoms with E-state index in [1.807, 2.05) is 0 Å². The molecular weight excluding hydrogens is 164 g/mol. The zero-order chi connectivity index (χ0) is 9.47. The van der Waals surface area contributed by atoms with Crippen LogP contribution in [0.1, 0.15) is 26.7 Å². The first-order chi connectivity index (χ1) is 6.09. The van der Waals surface area contributed by atoms with Crippen LogP contribution < -0.4 is 10.6 Å². The largest absolute Gasteiger partial charge is 0.352 e. The third-order valence-corrected chi connectivity index (χ3v) is 3.24. The zero-order valence-electron chi connectivity index (χ0n) is 8.39. The Morgan fingerprint density at radius 1 is 1.54 bits per heavy atom. The Kier molecular flexibility index (Phi) is 2.06. The fourth-order valence-corrected chi connectivity index (χ4v) is 1.99. The predicted molar refractivity (Wildman–Crippen MR) is 51.3 cm³/mol. The molecule has 2 aliphatic rings. The van der Waals surface area contributed by atoms with Gasteiger partial charge in [-0.05, 0) is 24.8 Å². The predicted octanol–water partition coefficient (Wildman–Crippen LogP) is 0.511. The van der Waals surface area contributed by atoms with Crippen LogP contribution in [0.5, 0.6) is 0 Å². The minimum Gasteiger partial charge on any atom is -0.352 e. The smallest absolute Gasteiger partial charge is 0.223 e. The number of nitrogens with one attached hydrogen (secondary N) is 2. The molecule has 74 valence electrons. The third-order valence-electron chi connectivity index (χ3n) is 3.24. The molecule has 1 saturated carbocycles. The number of hydrogen-bond acceptors (Lipinski definition) is 2. The molecule has 0 radical (unpaired) electrons. The maximum absolute atomic E-state index is 11.6. The molecule has 0 aromatic heterocycles. The Morgan fingerprint density at radius 2 is 2.23 bits per heavy atom. The van der Waals surface area contributed by atoms with Crippen LogP contribution in [0.4, 0.5) is 0 Å². The van der Waals surface area contributed by atoms with Crippen molar-refractivity contribution in [1.82, 2.24) is 10.6 Å². The van der Waals surface area contributed by atoms with Crippen LogP contribution in [0.25, 0.3) is 0 Å². The molecule has 1 heterocycles. The van der Waals surface area contributed by atoms with E-state index in [-0.39, 0.29) is 17.2 Å². The fourth-order valence-electron chi connectivity index (χ4n) is 1.99. The number of carbonyl (C=O) groups is 1. The highest BCUT2D eigenvalue weighted by atomic mass is 16.2. The van der Waals surface area contributed by atoms with Crippen molar-refractivity contribution in [2.24, 2.45) is 11.3 Å². The summed E-state index contributed by atoms with van der Waals surface area (Å²) in [5, 5.41) is 6.34. The van der Waals surface area contributed by atoms with Gasteiger partial charge in [0.1, 0.15) is 0 Å². The van der Waals surface area contributed by atoms with Crippen LogP contribution in [-0.4, -0.2) is 25.0 Å². The second-order valence-electron chi connectivity index (χ2n) is 4.94. The molecule has 0 unspecified atom stereocenters. The summed E-state index contributed by atoms with van der Waals surface area (Å²) in [6.07, 6.45) is 2.14. The molecule has 2 N–H and O–H groups in total. The van der Waals surface area contributed by atoms with Gasteiger partial charge in [-0.3, -0.25) is 4.79 Å². The maximum atomic E-state index is 11.6. The quantitative estimate of drug-likeness (QED) is 0.653. The Hall–Kier alpha value is -0.570. The highest BCUT2D eigenvalue weighted by molar-refractivity contribution is 5.82. The molecule has 0 aromatic rings. The van der Waals surface area contributed by atoms with Gasteiger partial charge in [0.05, 0.1) is 0 Å². The molecule has 13 heavy (non-hydrogen) atoms. The van der Waals surface area contributed by atoms with E-state index in [0.717, 1.165) is 25.9 Å². The van der Waals surface area contributed by atoms with Gasteiger partial charge in [0.25, 0.3) is 0 Å². The van der Waals surface area contributed by atoms with Crippen molar-refractivity contribution in [3.8, 4) is 0 Å². The lowest BCUT2D eigenvalue weighted by Crippen LogP contribution is -2.37. The summed E-state index contributed by atoms with van der Waals surface area (Å²) < 4.78 is 0. The van der Waals surface area contributed by atoms with Gasteiger partial charge in [-0.15, -0.1) is 0 Å². The number of hydrogen-bond donors (Lipinski definition) is 2. The van der Waals surface area contributed by atoms with E-state index in [2.05, 4.69) is 24.5 Å². The van der Waals surface area contributed by atoms with Crippen molar-refractivity contribution >= 4 is 5.91 Å². The molecule has 0 aromatic carbocycles. The highest BCUT2D eigenvalue weighted by Crippen LogP contribution is 2.51. The van der Waals surface area contributed by atoms with E-state index < -0.39 is 0 Å². The van der Waals surface area contributed by atoms with E-state index in [1.54, 1.807) is 0 Å². The molecular formula is C10H18N2O. The van der Waals surface area contributed by atoms with Gasteiger partial charge in [0.2, 0.25) is 5.91 Å². The summed E-state index contributed by atoms with van der Waals surface area (Å²) in [7, 11) is 0. The van der Waals surface area contributed by atoms with Gasteiger partial charge in [0.15, 0.2) is 0 Å². The molecule has 1 aliphatic heterocycles. The van der Waals surface area contributed by atoms with Gasteiger partial charge in [-0.2, -0.15) is 0 Å². The van der Waals surface area contributed by atoms with E-state index in [9.17, 15) is 4.79 Å². The SMILES string of the molecule is CC1(C)C[C@@H]1C(=O)N[C@H]1CCNC1. The summed E-state index contributed by atoms with van der Waals surface area (Å²) >= 11 is 0. The minimum atomic E-state index is 0.260. The third kappa shape index (κ3) is 1.85. The fraction of sp³-hybridized carbons (Fsp3) is 0.900. The molecule has 1 amide bonds. The van der Waals surface area contributed by atoms with Gasteiger partial charge < -0.3 is 10.6 Å². The lowest BCUT2D eigenvalue weighted by molar-refractivity contribution is -0.123. The summed E-state index contributed by atoms with van der Waals surface area (Å²) in [4.78, 5) is 11.6. The topological polar surface area (TPSA) is 41.1 Å². The number of amides is 1. The summed E-state index contributed by atoms with van der Waals surface area (Å²) in [6.45, 7) is 6.30. The second kappa shape index (κ2) is 2.98. The molecule has 1 aliphatic carbocycles. The summed E-state index contributed by atoms with van der Waals surface area (Å²) in [5.74, 6) is 0.534. The average Bonchev–Trinajstić information content (AvgIpc) is 2.49. The van der Waals surface area contributed by atoms with Gasteiger partial charge >= 0.3 is 0 Å². The molecule has 2 atom stereocenters. The van der Waals surface area contributed by atoms with Crippen molar-refractivity contribution in [2.75, 3.05) is 13.1 Å². The lowest BCUT2D eigenvalue weighted by Gasteiger charge is -2.11. The standard InChI is InChI=1S/C10H18N2O/c1-10(2)5-8(10)9(13)12-7-3-4-11-6-7/h7-8,11H,3-6H2,1-2H3,(H,12,13)/t7-,8+/m0/s1. The number of rotatable bonds is 2.